The van der Waals surface area contributed by atoms with Gasteiger partial charge in [0.2, 0.25) is 0 Å². The lowest BCUT2D eigenvalue weighted by Gasteiger charge is -2.04. The van der Waals surface area contributed by atoms with Gasteiger partial charge in [-0.2, -0.15) is 0 Å². The first-order valence-corrected chi connectivity index (χ1v) is 5.98. The van der Waals surface area contributed by atoms with E-state index in [9.17, 15) is 9.59 Å². The van der Waals surface area contributed by atoms with Crippen LogP contribution in [0.4, 0.5) is 9.93 Å². The molecule has 1 aromatic carbocycles. The van der Waals surface area contributed by atoms with Crippen molar-refractivity contribution in [3.8, 4) is 0 Å². The third kappa shape index (κ3) is 3.39. The molecular formula is C12H10N2O3S. The van der Waals surface area contributed by atoms with Crippen molar-refractivity contribution in [2.75, 3.05) is 5.32 Å². The van der Waals surface area contributed by atoms with Crippen molar-refractivity contribution in [3.63, 3.8) is 0 Å². The Morgan fingerprint density at radius 3 is 2.83 bits per heavy atom. The van der Waals surface area contributed by atoms with Gasteiger partial charge in [-0.1, -0.05) is 41.7 Å². The van der Waals surface area contributed by atoms with Gasteiger partial charge in [0, 0.05) is 0 Å². The largest absolute Gasteiger partial charge is 0.444 e. The number of hydrogen-bond donors (Lipinski definition) is 1. The number of benzene rings is 1. The number of thiazole rings is 1. The molecule has 0 bridgehead atoms. The third-order valence-corrected chi connectivity index (χ3v) is 2.90. The summed E-state index contributed by atoms with van der Waals surface area (Å²) in [4.78, 5) is 26.2. The normalized spacial score (nSPS) is 9.78. The van der Waals surface area contributed by atoms with Gasteiger partial charge in [-0.25, -0.2) is 9.78 Å². The van der Waals surface area contributed by atoms with Crippen molar-refractivity contribution >= 4 is 28.8 Å². The highest BCUT2D eigenvalue weighted by molar-refractivity contribution is 7.17. The molecule has 0 aliphatic rings. The van der Waals surface area contributed by atoms with Crippen molar-refractivity contribution < 1.29 is 14.3 Å². The lowest BCUT2D eigenvalue weighted by molar-refractivity contribution is 0.112. The van der Waals surface area contributed by atoms with E-state index in [1.807, 2.05) is 30.3 Å². The fourth-order valence-electron chi connectivity index (χ4n) is 1.25. The van der Waals surface area contributed by atoms with E-state index in [1.165, 1.54) is 6.20 Å². The first-order valence-electron chi connectivity index (χ1n) is 5.16. The second kappa shape index (κ2) is 5.92. The summed E-state index contributed by atoms with van der Waals surface area (Å²) >= 11 is 1.09. The van der Waals surface area contributed by atoms with Crippen LogP contribution >= 0.6 is 11.3 Å². The van der Waals surface area contributed by atoms with E-state index >= 15 is 0 Å². The highest BCUT2D eigenvalue weighted by Gasteiger charge is 2.07. The Morgan fingerprint density at radius 2 is 2.17 bits per heavy atom. The van der Waals surface area contributed by atoms with Gasteiger partial charge in [0.1, 0.15) is 6.61 Å². The predicted molar refractivity (Wildman–Crippen MR) is 67.8 cm³/mol. The van der Waals surface area contributed by atoms with Crippen LogP contribution in [0.3, 0.4) is 0 Å². The highest BCUT2D eigenvalue weighted by atomic mass is 32.1. The quantitative estimate of drug-likeness (QED) is 0.860. The standard InChI is InChI=1S/C12H10N2O3S/c15-7-10-6-13-11(18-10)14-12(16)17-8-9-4-2-1-3-5-9/h1-7H,8H2,(H,13,14,16). The number of ether oxygens (including phenoxy) is 1. The number of hydrogen-bond acceptors (Lipinski definition) is 5. The van der Waals surface area contributed by atoms with E-state index in [0.717, 1.165) is 16.9 Å². The SMILES string of the molecule is O=Cc1cnc(NC(=O)OCc2ccccc2)s1. The fourth-order valence-corrected chi connectivity index (χ4v) is 1.86. The van der Waals surface area contributed by atoms with Gasteiger partial charge in [-0.05, 0) is 5.56 Å². The number of carbonyl (C=O) groups is 2. The Bertz CT molecular complexity index is 539. The lowest BCUT2D eigenvalue weighted by Crippen LogP contribution is -2.13. The second-order valence-electron chi connectivity index (χ2n) is 3.37. The van der Waals surface area contributed by atoms with E-state index in [4.69, 9.17) is 4.74 Å². The zero-order valence-corrected chi connectivity index (χ0v) is 10.1. The molecule has 0 saturated heterocycles. The van der Waals surface area contributed by atoms with Gasteiger partial charge in [0.15, 0.2) is 11.4 Å². The topological polar surface area (TPSA) is 68.3 Å². The van der Waals surface area contributed by atoms with Gasteiger partial charge in [0.25, 0.3) is 0 Å². The summed E-state index contributed by atoms with van der Waals surface area (Å²) in [6.07, 6.45) is 1.48. The summed E-state index contributed by atoms with van der Waals surface area (Å²) in [7, 11) is 0. The zero-order valence-electron chi connectivity index (χ0n) is 9.33. The molecule has 1 N–H and O–H groups in total. The summed E-state index contributed by atoms with van der Waals surface area (Å²) in [6.45, 7) is 0.193. The molecule has 5 nitrogen and oxygen atoms in total. The van der Waals surface area contributed by atoms with Crippen molar-refractivity contribution in [2.24, 2.45) is 0 Å². The average Bonchev–Trinajstić information content (AvgIpc) is 2.85. The van der Waals surface area contributed by atoms with E-state index in [-0.39, 0.29) is 6.61 Å². The molecule has 0 atom stereocenters. The Balaban J connectivity index is 1.84. The molecule has 1 aromatic heterocycles. The molecule has 6 heteroatoms. The number of amides is 1. The van der Waals surface area contributed by atoms with Crippen LogP contribution in [0.25, 0.3) is 0 Å². The van der Waals surface area contributed by atoms with Crippen molar-refractivity contribution in [2.45, 2.75) is 6.61 Å². The van der Waals surface area contributed by atoms with Gasteiger partial charge in [-0.3, -0.25) is 10.1 Å². The molecule has 0 aliphatic heterocycles. The maximum absolute atomic E-state index is 11.4. The monoisotopic (exact) mass is 262 g/mol. The number of anilines is 1. The Labute approximate surface area is 107 Å². The van der Waals surface area contributed by atoms with Crippen LogP contribution in [0.15, 0.2) is 36.5 Å². The smallest absolute Gasteiger partial charge is 0.413 e. The Kier molecular flexibility index (Phi) is 4.03. The van der Waals surface area contributed by atoms with Crippen molar-refractivity contribution in [1.29, 1.82) is 0 Å². The van der Waals surface area contributed by atoms with Gasteiger partial charge in [0.05, 0.1) is 11.1 Å². The zero-order chi connectivity index (χ0) is 12.8. The third-order valence-electron chi connectivity index (χ3n) is 2.06. The van der Waals surface area contributed by atoms with Crippen LogP contribution in [0.5, 0.6) is 0 Å². The molecule has 0 radical (unpaired) electrons. The Morgan fingerprint density at radius 1 is 1.39 bits per heavy atom. The number of nitrogens with one attached hydrogen (secondary N) is 1. The lowest BCUT2D eigenvalue weighted by atomic mass is 10.2. The van der Waals surface area contributed by atoms with E-state index in [1.54, 1.807) is 0 Å². The first-order chi connectivity index (χ1) is 8.78. The summed E-state index contributed by atoms with van der Waals surface area (Å²) < 4.78 is 5.00. The molecule has 92 valence electrons. The molecule has 1 heterocycles. The van der Waals surface area contributed by atoms with Crippen LogP contribution in [-0.4, -0.2) is 17.4 Å². The molecule has 0 spiro atoms. The van der Waals surface area contributed by atoms with E-state index in [0.29, 0.717) is 16.3 Å². The molecule has 0 fully saturated rings. The Hall–Kier alpha value is -2.21. The minimum Gasteiger partial charge on any atom is -0.444 e. The molecule has 2 rings (SSSR count). The number of aromatic nitrogens is 1. The number of carbonyl (C=O) groups excluding carboxylic acids is 2. The van der Waals surface area contributed by atoms with Crippen LogP contribution in [-0.2, 0) is 11.3 Å². The van der Waals surface area contributed by atoms with E-state index < -0.39 is 6.09 Å². The van der Waals surface area contributed by atoms with Crippen LogP contribution in [0.1, 0.15) is 15.2 Å². The molecular weight excluding hydrogens is 252 g/mol. The maximum Gasteiger partial charge on any atom is 0.413 e. The van der Waals surface area contributed by atoms with Crippen LogP contribution < -0.4 is 5.32 Å². The van der Waals surface area contributed by atoms with Crippen LogP contribution in [0.2, 0.25) is 0 Å². The number of rotatable bonds is 4. The summed E-state index contributed by atoms with van der Waals surface area (Å²) in [5.41, 5.74) is 0.903. The van der Waals surface area contributed by atoms with Gasteiger partial charge >= 0.3 is 6.09 Å². The minimum absolute atomic E-state index is 0.193. The van der Waals surface area contributed by atoms with Crippen molar-refractivity contribution in [1.82, 2.24) is 4.98 Å². The highest BCUT2D eigenvalue weighted by Crippen LogP contribution is 2.16. The number of aldehydes is 1. The van der Waals surface area contributed by atoms with E-state index in [2.05, 4.69) is 10.3 Å². The molecule has 0 aliphatic carbocycles. The first kappa shape index (κ1) is 12.3. The minimum atomic E-state index is -0.592. The summed E-state index contributed by atoms with van der Waals surface area (Å²) in [5, 5.41) is 2.80. The summed E-state index contributed by atoms with van der Waals surface area (Å²) in [5.74, 6) is 0. The number of nitrogens with zero attached hydrogens (tertiary/aromatic N) is 1. The maximum atomic E-state index is 11.4. The van der Waals surface area contributed by atoms with Gasteiger partial charge in [-0.15, -0.1) is 0 Å². The summed E-state index contributed by atoms with van der Waals surface area (Å²) in [6, 6.07) is 9.35. The predicted octanol–water partition coefficient (Wildman–Crippen LogP) is 2.70. The molecule has 2 aromatic rings. The van der Waals surface area contributed by atoms with Crippen LogP contribution in [0, 0.1) is 0 Å². The fraction of sp³-hybridized carbons (Fsp3) is 0.0833. The van der Waals surface area contributed by atoms with Crippen molar-refractivity contribution in [3.05, 3.63) is 47.0 Å². The molecule has 0 saturated carbocycles. The second-order valence-corrected chi connectivity index (χ2v) is 4.43. The molecule has 0 unspecified atom stereocenters. The molecule has 1 amide bonds. The molecule has 18 heavy (non-hydrogen) atoms. The van der Waals surface area contributed by atoms with Gasteiger partial charge < -0.3 is 4.74 Å². The average molecular weight is 262 g/mol.